The molecule has 0 saturated carbocycles. The summed E-state index contributed by atoms with van der Waals surface area (Å²) < 4.78 is 16.8. The number of hydrogen-bond acceptors (Lipinski definition) is 3. The molecule has 0 bridgehead atoms. The van der Waals surface area contributed by atoms with Gasteiger partial charge in [0.2, 0.25) is 0 Å². The minimum absolute atomic E-state index is 0.198. The Morgan fingerprint density at radius 3 is 2.41 bits per heavy atom. The Balaban J connectivity index is 1.93. The molecule has 0 aliphatic heterocycles. The van der Waals surface area contributed by atoms with Gasteiger partial charge in [0, 0.05) is 39.8 Å². The molecule has 0 N–H and O–H groups in total. The Bertz CT molecular complexity index is 1260. The lowest BCUT2D eigenvalue weighted by atomic mass is 10.1. The molecule has 3 aromatic rings. The van der Waals surface area contributed by atoms with Crippen LogP contribution in [0.25, 0.3) is 0 Å². The zero-order chi connectivity index (χ0) is 21.0. The van der Waals surface area contributed by atoms with Crippen LogP contribution < -0.4 is 0 Å². The molecule has 1 unspecified atom stereocenters. The van der Waals surface area contributed by atoms with E-state index in [1.165, 1.54) is 30.7 Å². The van der Waals surface area contributed by atoms with Crippen molar-refractivity contribution < 1.29 is 9.00 Å². The number of rotatable bonds is 2. The summed E-state index contributed by atoms with van der Waals surface area (Å²) in [5, 5.41) is 0.639. The second kappa shape index (κ2) is 8.79. The molecule has 29 heavy (non-hydrogen) atoms. The monoisotopic (exact) mass is 442 g/mol. The number of halogens is 2. The summed E-state index contributed by atoms with van der Waals surface area (Å²) in [6, 6.07) is 13.8. The molecule has 2 aromatic carbocycles. The summed E-state index contributed by atoms with van der Waals surface area (Å²) in [5.74, 6) is 5.41. The van der Waals surface area contributed by atoms with Crippen LogP contribution in [0.15, 0.2) is 70.2 Å². The third-order valence-corrected chi connectivity index (χ3v) is 6.06. The van der Waals surface area contributed by atoms with E-state index in [2.05, 4.69) is 21.2 Å². The summed E-state index contributed by atoms with van der Waals surface area (Å²) >= 11 is 11.9. The van der Waals surface area contributed by atoms with Crippen LogP contribution in [0, 0.1) is 18.8 Å². The lowest BCUT2D eigenvalue weighted by molar-refractivity contribution is 0.100. The minimum Gasteiger partial charge on any atom is -0.266 e. The van der Waals surface area contributed by atoms with Gasteiger partial charge in [0.25, 0.3) is 5.91 Å². The van der Waals surface area contributed by atoms with E-state index in [4.69, 9.17) is 23.2 Å². The number of nitrogens with zero attached hydrogens (tertiary/aromatic N) is 2. The average molecular weight is 443 g/mol. The molecule has 0 fully saturated rings. The number of hydrogen-bond donors (Lipinski definition) is 0. The van der Waals surface area contributed by atoms with E-state index in [-0.39, 0.29) is 10.5 Å². The van der Waals surface area contributed by atoms with Crippen LogP contribution >= 0.6 is 23.2 Å². The van der Waals surface area contributed by atoms with Crippen molar-refractivity contribution >= 4 is 38.8 Å². The first kappa shape index (κ1) is 21.1. The van der Waals surface area contributed by atoms with Gasteiger partial charge in [-0.05, 0) is 42.8 Å². The van der Waals surface area contributed by atoms with E-state index in [1.807, 2.05) is 31.2 Å². The molecule has 146 valence electrons. The van der Waals surface area contributed by atoms with Crippen molar-refractivity contribution in [2.45, 2.75) is 11.8 Å². The highest BCUT2D eigenvalue weighted by Gasteiger charge is 2.13. The van der Waals surface area contributed by atoms with Gasteiger partial charge in [0.15, 0.2) is 0 Å². The maximum Gasteiger partial charge on any atom is 0.286 e. The van der Waals surface area contributed by atoms with E-state index in [0.29, 0.717) is 15.6 Å². The van der Waals surface area contributed by atoms with Crippen LogP contribution in [0.5, 0.6) is 0 Å². The molecule has 0 aliphatic carbocycles. The fraction of sp³-hybridized carbons (Fsp3) is 0.0909. The molecule has 1 heterocycles. The van der Waals surface area contributed by atoms with E-state index in [1.54, 1.807) is 12.3 Å². The molecule has 0 radical (unpaired) electrons. The predicted octanol–water partition coefficient (Wildman–Crippen LogP) is 5.39. The van der Waals surface area contributed by atoms with Crippen LogP contribution in [-0.4, -0.2) is 21.4 Å². The van der Waals surface area contributed by atoms with Gasteiger partial charge in [0.1, 0.15) is 0 Å². The van der Waals surface area contributed by atoms with Crippen molar-refractivity contribution in [1.82, 2.24) is 4.98 Å². The fourth-order valence-corrected chi connectivity index (χ4v) is 4.36. The fourth-order valence-electron chi connectivity index (χ4n) is 2.49. The summed E-state index contributed by atoms with van der Waals surface area (Å²) in [6.07, 6.45) is 4.29. The van der Waals surface area contributed by atoms with Gasteiger partial charge in [-0.15, -0.1) is 0 Å². The number of carbonyl (C=O) groups excluding carboxylic acids is 1. The normalized spacial score (nSPS) is 12.4. The van der Waals surface area contributed by atoms with Crippen LogP contribution in [0.3, 0.4) is 0 Å². The summed E-state index contributed by atoms with van der Waals surface area (Å²) in [6.45, 7) is 1.97. The van der Waals surface area contributed by atoms with Gasteiger partial charge in [-0.1, -0.05) is 53.2 Å². The maximum absolute atomic E-state index is 13.0. The van der Waals surface area contributed by atoms with Crippen molar-refractivity contribution in [3.8, 4) is 11.8 Å². The van der Waals surface area contributed by atoms with Gasteiger partial charge in [-0.25, -0.2) is 4.21 Å². The van der Waals surface area contributed by atoms with E-state index in [9.17, 15) is 9.00 Å². The van der Waals surface area contributed by atoms with Crippen LogP contribution in [0.2, 0.25) is 10.0 Å². The molecule has 0 spiro atoms. The zero-order valence-electron chi connectivity index (χ0n) is 15.6. The predicted molar refractivity (Wildman–Crippen MR) is 117 cm³/mol. The standard InChI is InChI=1S/C22H16Cl2N2O2S/c1-15-5-3-4-6-17(15)8-7-16-9-18(14-25-13-16)22(27)26-29(2,28)21-11-19(23)10-20(24)12-21/h3-6,9-14H,1-2H3. The van der Waals surface area contributed by atoms with Crippen LogP contribution in [-0.2, 0) is 9.73 Å². The van der Waals surface area contributed by atoms with Crippen LogP contribution in [0.1, 0.15) is 27.0 Å². The third kappa shape index (κ3) is 5.45. The van der Waals surface area contributed by atoms with Gasteiger partial charge in [-0.3, -0.25) is 9.78 Å². The number of carbonyl (C=O) groups is 1. The Morgan fingerprint density at radius 2 is 1.72 bits per heavy atom. The van der Waals surface area contributed by atoms with Crippen LogP contribution in [0.4, 0.5) is 0 Å². The van der Waals surface area contributed by atoms with Gasteiger partial charge >= 0.3 is 0 Å². The molecule has 1 aromatic heterocycles. The van der Waals surface area contributed by atoms with Crippen molar-refractivity contribution in [1.29, 1.82) is 0 Å². The number of aromatic nitrogens is 1. The summed E-state index contributed by atoms with van der Waals surface area (Å²) in [7, 11) is -3.03. The molecular weight excluding hydrogens is 427 g/mol. The second-order valence-corrected chi connectivity index (χ2v) is 9.46. The average Bonchev–Trinajstić information content (AvgIpc) is 2.66. The Hall–Kier alpha value is -2.65. The van der Waals surface area contributed by atoms with Gasteiger partial charge in [0.05, 0.1) is 20.2 Å². The molecule has 0 saturated heterocycles. The molecular formula is C22H16Cl2N2O2S. The van der Waals surface area contributed by atoms with Gasteiger partial charge in [-0.2, -0.15) is 4.36 Å². The number of aryl methyl sites for hydroxylation is 1. The SMILES string of the molecule is Cc1ccccc1C#Cc1cncc(C(=O)N=S(C)(=O)c2cc(Cl)cc(Cl)c2)c1. The largest absolute Gasteiger partial charge is 0.286 e. The lowest BCUT2D eigenvalue weighted by Gasteiger charge is -2.06. The third-order valence-electron chi connectivity index (χ3n) is 4.00. The molecule has 0 aliphatic rings. The first-order chi connectivity index (χ1) is 13.7. The first-order valence-corrected chi connectivity index (χ1v) is 11.2. The second-order valence-electron chi connectivity index (χ2n) is 6.33. The van der Waals surface area contributed by atoms with Crippen molar-refractivity contribution in [3.05, 3.63) is 93.2 Å². The molecule has 3 rings (SSSR count). The summed E-state index contributed by atoms with van der Waals surface area (Å²) in [4.78, 5) is 16.9. The maximum atomic E-state index is 13.0. The molecule has 1 amide bonds. The molecule has 7 heteroatoms. The van der Waals surface area contributed by atoms with E-state index >= 15 is 0 Å². The highest BCUT2D eigenvalue weighted by molar-refractivity contribution is 7.93. The highest BCUT2D eigenvalue weighted by atomic mass is 35.5. The topological polar surface area (TPSA) is 59.4 Å². The van der Waals surface area contributed by atoms with Crippen molar-refractivity contribution in [2.75, 3.05) is 6.26 Å². The number of pyridine rings is 1. The Labute approximate surface area is 180 Å². The zero-order valence-corrected chi connectivity index (χ0v) is 18.0. The number of amides is 1. The minimum atomic E-state index is -3.03. The van der Waals surface area contributed by atoms with Crippen molar-refractivity contribution in [2.24, 2.45) is 4.36 Å². The van der Waals surface area contributed by atoms with E-state index in [0.717, 1.165) is 11.1 Å². The lowest BCUT2D eigenvalue weighted by Crippen LogP contribution is -2.04. The molecule has 4 nitrogen and oxygen atoms in total. The molecule has 1 atom stereocenters. The first-order valence-electron chi connectivity index (χ1n) is 8.50. The number of benzene rings is 2. The Kier molecular flexibility index (Phi) is 6.39. The highest BCUT2D eigenvalue weighted by Crippen LogP contribution is 2.23. The Morgan fingerprint density at radius 1 is 1.03 bits per heavy atom. The van der Waals surface area contributed by atoms with Gasteiger partial charge < -0.3 is 0 Å². The van der Waals surface area contributed by atoms with Crippen molar-refractivity contribution in [3.63, 3.8) is 0 Å². The smallest absolute Gasteiger partial charge is 0.266 e. The summed E-state index contributed by atoms with van der Waals surface area (Å²) in [5.41, 5.74) is 2.71. The quantitative estimate of drug-likeness (QED) is 0.499. The van der Waals surface area contributed by atoms with E-state index < -0.39 is 15.6 Å².